The predicted octanol–water partition coefficient (Wildman–Crippen LogP) is 1.22. The van der Waals surface area contributed by atoms with Gasteiger partial charge in [-0.25, -0.2) is 13.2 Å². The first kappa shape index (κ1) is 14.6. The van der Waals surface area contributed by atoms with Crippen molar-refractivity contribution in [2.24, 2.45) is 5.92 Å². The maximum atomic E-state index is 11.6. The van der Waals surface area contributed by atoms with Gasteiger partial charge in [-0.05, 0) is 36.6 Å². The fraction of sp³-hybridized carbons (Fsp3) is 0.462. The monoisotopic (exact) mass is 299 g/mol. The largest absolute Gasteiger partial charge is 0.497 e. The molecule has 6 nitrogen and oxygen atoms in total. The molecule has 1 aromatic carbocycles. The molecule has 1 saturated heterocycles. The lowest BCUT2D eigenvalue weighted by Gasteiger charge is -2.10. The Labute approximate surface area is 118 Å². The standard InChI is InChI=1S/C13H17NO5S/c1-18-11-2-4-12(5-3-11)19-13(15)14-8-10-6-7-20(16,17)9-10/h2-5,10H,6-9H2,1H3,(H,14,15). The van der Waals surface area contributed by atoms with Gasteiger partial charge in [0.1, 0.15) is 11.5 Å². The lowest BCUT2D eigenvalue weighted by Crippen LogP contribution is -2.32. The van der Waals surface area contributed by atoms with Crippen molar-refractivity contribution in [2.75, 3.05) is 25.2 Å². The number of hydrogen-bond acceptors (Lipinski definition) is 5. The van der Waals surface area contributed by atoms with Gasteiger partial charge < -0.3 is 14.8 Å². The maximum absolute atomic E-state index is 11.6. The molecule has 1 N–H and O–H groups in total. The van der Waals surface area contributed by atoms with Crippen molar-refractivity contribution < 1.29 is 22.7 Å². The highest BCUT2D eigenvalue weighted by Gasteiger charge is 2.28. The number of nitrogens with one attached hydrogen (secondary N) is 1. The molecule has 0 aliphatic carbocycles. The molecule has 7 heteroatoms. The Morgan fingerprint density at radius 2 is 1.95 bits per heavy atom. The highest BCUT2D eigenvalue weighted by molar-refractivity contribution is 7.91. The van der Waals surface area contributed by atoms with Crippen LogP contribution in [-0.4, -0.2) is 39.7 Å². The number of sulfone groups is 1. The van der Waals surface area contributed by atoms with Crippen molar-refractivity contribution in [1.29, 1.82) is 0 Å². The molecule has 0 spiro atoms. The van der Waals surface area contributed by atoms with E-state index in [1.165, 1.54) is 0 Å². The van der Waals surface area contributed by atoms with Gasteiger partial charge >= 0.3 is 6.09 Å². The predicted molar refractivity (Wildman–Crippen MR) is 73.8 cm³/mol. The van der Waals surface area contributed by atoms with Crippen LogP contribution in [0.15, 0.2) is 24.3 Å². The molecule has 0 radical (unpaired) electrons. The van der Waals surface area contributed by atoms with E-state index in [1.807, 2.05) is 0 Å². The van der Waals surface area contributed by atoms with Crippen LogP contribution in [0.3, 0.4) is 0 Å². The Morgan fingerprint density at radius 3 is 2.50 bits per heavy atom. The molecule has 0 saturated carbocycles. The number of rotatable bonds is 4. The van der Waals surface area contributed by atoms with Gasteiger partial charge in [-0.15, -0.1) is 0 Å². The minimum Gasteiger partial charge on any atom is -0.497 e. The summed E-state index contributed by atoms with van der Waals surface area (Å²) in [6.45, 7) is 0.314. The summed E-state index contributed by atoms with van der Waals surface area (Å²) in [7, 11) is -1.36. The van der Waals surface area contributed by atoms with E-state index in [0.717, 1.165) is 0 Å². The van der Waals surface area contributed by atoms with Crippen molar-refractivity contribution in [3.05, 3.63) is 24.3 Å². The van der Waals surface area contributed by atoms with E-state index in [2.05, 4.69) is 5.32 Å². The van der Waals surface area contributed by atoms with Crippen molar-refractivity contribution in [3.63, 3.8) is 0 Å². The second-order valence-corrected chi connectivity index (χ2v) is 6.94. The topological polar surface area (TPSA) is 81.7 Å². The summed E-state index contributed by atoms with van der Waals surface area (Å²) in [4.78, 5) is 11.6. The van der Waals surface area contributed by atoms with Crippen LogP contribution in [0.2, 0.25) is 0 Å². The molecule has 1 heterocycles. The van der Waals surface area contributed by atoms with Gasteiger partial charge in [-0.3, -0.25) is 0 Å². The molecule has 1 atom stereocenters. The minimum absolute atomic E-state index is 0.0246. The van der Waals surface area contributed by atoms with Crippen molar-refractivity contribution in [1.82, 2.24) is 5.32 Å². The molecule has 0 aromatic heterocycles. The molecule has 1 fully saturated rings. The van der Waals surface area contributed by atoms with Crippen LogP contribution in [-0.2, 0) is 9.84 Å². The van der Waals surface area contributed by atoms with E-state index in [1.54, 1.807) is 31.4 Å². The zero-order valence-electron chi connectivity index (χ0n) is 11.2. The summed E-state index contributed by atoms with van der Waals surface area (Å²) in [5, 5.41) is 2.58. The Hall–Kier alpha value is -1.76. The number of amides is 1. The van der Waals surface area contributed by atoms with Crippen LogP contribution in [0.25, 0.3) is 0 Å². The van der Waals surface area contributed by atoms with Gasteiger partial charge in [0.05, 0.1) is 18.6 Å². The molecular weight excluding hydrogens is 282 g/mol. The van der Waals surface area contributed by atoms with Crippen LogP contribution in [0.5, 0.6) is 11.5 Å². The SMILES string of the molecule is COc1ccc(OC(=O)NCC2CCS(=O)(=O)C2)cc1. The number of carbonyl (C=O) groups excluding carboxylic acids is 1. The van der Waals surface area contributed by atoms with Crippen molar-refractivity contribution >= 4 is 15.9 Å². The third kappa shape index (κ3) is 4.12. The van der Waals surface area contributed by atoms with E-state index < -0.39 is 15.9 Å². The summed E-state index contributed by atoms with van der Waals surface area (Å²) < 4.78 is 32.6. The van der Waals surface area contributed by atoms with Gasteiger partial charge in [0.2, 0.25) is 0 Å². The normalized spacial score (nSPS) is 20.4. The van der Waals surface area contributed by atoms with Crippen LogP contribution in [0, 0.1) is 5.92 Å². The van der Waals surface area contributed by atoms with Gasteiger partial charge in [-0.2, -0.15) is 0 Å². The number of hydrogen-bond donors (Lipinski definition) is 1. The lowest BCUT2D eigenvalue weighted by atomic mass is 10.1. The first-order chi connectivity index (χ1) is 9.48. The molecule has 1 aliphatic rings. The number of ether oxygens (including phenoxy) is 2. The lowest BCUT2D eigenvalue weighted by molar-refractivity contribution is 0.199. The van der Waals surface area contributed by atoms with E-state index in [4.69, 9.17) is 9.47 Å². The van der Waals surface area contributed by atoms with Gasteiger partial charge in [-0.1, -0.05) is 0 Å². The highest BCUT2D eigenvalue weighted by atomic mass is 32.2. The summed E-state index contributed by atoms with van der Waals surface area (Å²) in [6, 6.07) is 6.62. The molecule has 1 aliphatic heterocycles. The molecule has 1 unspecified atom stereocenters. The Morgan fingerprint density at radius 1 is 1.30 bits per heavy atom. The van der Waals surface area contributed by atoms with Crippen LogP contribution in [0.4, 0.5) is 4.79 Å². The third-order valence-electron chi connectivity index (χ3n) is 3.13. The molecule has 20 heavy (non-hydrogen) atoms. The summed E-state index contributed by atoms with van der Waals surface area (Å²) in [5.74, 6) is 1.39. The number of methoxy groups -OCH3 is 1. The first-order valence-corrected chi connectivity index (χ1v) is 8.11. The van der Waals surface area contributed by atoms with E-state index >= 15 is 0 Å². The average molecular weight is 299 g/mol. The van der Waals surface area contributed by atoms with E-state index in [9.17, 15) is 13.2 Å². The Bertz CT molecular complexity index is 567. The molecule has 2 rings (SSSR count). The zero-order valence-corrected chi connectivity index (χ0v) is 12.0. The number of benzene rings is 1. The minimum atomic E-state index is -2.92. The molecule has 1 amide bonds. The molecule has 1 aromatic rings. The average Bonchev–Trinajstić information content (AvgIpc) is 2.77. The smallest absolute Gasteiger partial charge is 0.412 e. The van der Waals surface area contributed by atoms with Gasteiger partial charge in [0.25, 0.3) is 0 Å². The highest BCUT2D eigenvalue weighted by Crippen LogP contribution is 2.18. The molecule has 0 bridgehead atoms. The van der Waals surface area contributed by atoms with Crippen molar-refractivity contribution in [3.8, 4) is 11.5 Å². The van der Waals surface area contributed by atoms with Gasteiger partial charge in [0.15, 0.2) is 9.84 Å². The third-order valence-corrected chi connectivity index (χ3v) is 4.97. The second-order valence-electron chi connectivity index (χ2n) is 4.72. The molecule has 110 valence electrons. The zero-order chi connectivity index (χ0) is 14.6. The Kier molecular flexibility index (Phi) is 4.49. The summed E-state index contributed by atoms with van der Waals surface area (Å²) in [6.07, 6.45) is 0.00461. The Balaban J connectivity index is 1.78. The maximum Gasteiger partial charge on any atom is 0.412 e. The number of carbonyl (C=O) groups is 1. The quantitative estimate of drug-likeness (QED) is 0.904. The van der Waals surface area contributed by atoms with Crippen LogP contribution in [0.1, 0.15) is 6.42 Å². The fourth-order valence-electron chi connectivity index (χ4n) is 2.05. The van der Waals surface area contributed by atoms with Crippen molar-refractivity contribution in [2.45, 2.75) is 6.42 Å². The molecular formula is C13H17NO5S. The fourth-order valence-corrected chi connectivity index (χ4v) is 3.91. The van der Waals surface area contributed by atoms with E-state index in [0.29, 0.717) is 24.5 Å². The summed E-state index contributed by atoms with van der Waals surface area (Å²) >= 11 is 0. The van der Waals surface area contributed by atoms with Crippen LogP contribution >= 0.6 is 0 Å². The first-order valence-electron chi connectivity index (χ1n) is 6.29. The van der Waals surface area contributed by atoms with Crippen LogP contribution < -0.4 is 14.8 Å². The van der Waals surface area contributed by atoms with E-state index in [-0.39, 0.29) is 17.4 Å². The summed E-state index contributed by atoms with van der Waals surface area (Å²) in [5.41, 5.74) is 0. The van der Waals surface area contributed by atoms with Gasteiger partial charge in [0, 0.05) is 6.54 Å². The second kappa shape index (κ2) is 6.13.